The Morgan fingerprint density at radius 1 is 1.28 bits per heavy atom. The number of para-hydroxylation sites is 1. The lowest BCUT2D eigenvalue weighted by Crippen LogP contribution is -2.25. The molecule has 0 fully saturated rings. The van der Waals surface area contributed by atoms with Crippen molar-refractivity contribution in [1.82, 2.24) is 9.55 Å². The van der Waals surface area contributed by atoms with E-state index >= 15 is 0 Å². The molecule has 8 heteroatoms. The second-order valence-corrected chi connectivity index (χ2v) is 8.87. The summed E-state index contributed by atoms with van der Waals surface area (Å²) < 4.78 is 16.2. The monoisotopic (exact) mass is 477 g/mol. The van der Waals surface area contributed by atoms with Gasteiger partial charge in [-0.1, -0.05) is 53.7 Å². The zero-order valence-electron chi connectivity index (χ0n) is 16.1. The van der Waals surface area contributed by atoms with Gasteiger partial charge in [0.1, 0.15) is 5.82 Å². The first-order valence-electron chi connectivity index (χ1n) is 9.22. The van der Waals surface area contributed by atoms with E-state index in [2.05, 4.69) is 40.1 Å². The van der Waals surface area contributed by atoms with E-state index in [-0.39, 0.29) is 22.9 Å². The standard InChI is InChI=1S/C21H21BrFN3O2S/c1-13(2)9-10-26-20(28)15-5-3-4-6-17(15)25-21(26)29-12-19(27)24-18-8-7-14(22)11-16(18)23/h3-8,11,13H,9-10,12H2,1-2H3,(H,24,27). The van der Waals surface area contributed by atoms with Crippen LogP contribution in [-0.2, 0) is 11.3 Å². The number of benzene rings is 2. The van der Waals surface area contributed by atoms with Gasteiger partial charge in [-0.15, -0.1) is 0 Å². The second-order valence-electron chi connectivity index (χ2n) is 7.01. The highest BCUT2D eigenvalue weighted by molar-refractivity contribution is 9.10. The van der Waals surface area contributed by atoms with Gasteiger partial charge in [0.15, 0.2) is 5.16 Å². The normalized spacial score (nSPS) is 11.2. The summed E-state index contributed by atoms with van der Waals surface area (Å²) in [6.07, 6.45) is 0.823. The Morgan fingerprint density at radius 2 is 2.03 bits per heavy atom. The SMILES string of the molecule is CC(C)CCn1c(SCC(=O)Nc2ccc(Br)cc2F)nc2ccccc2c1=O. The highest BCUT2D eigenvalue weighted by atomic mass is 79.9. The molecule has 0 bridgehead atoms. The third-order valence-corrected chi connectivity index (χ3v) is 5.76. The first-order valence-corrected chi connectivity index (χ1v) is 11.0. The average molecular weight is 478 g/mol. The molecule has 0 spiro atoms. The maximum Gasteiger partial charge on any atom is 0.262 e. The van der Waals surface area contributed by atoms with Gasteiger partial charge in [0, 0.05) is 11.0 Å². The minimum atomic E-state index is -0.518. The van der Waals surface area contributed by atoms with E-state index in [1.165, 1.54) is 23.9 Å². The van der Waals surface area contributed by atoms with E-state index in [9.17, 15) is 14.0 Å². The summed E-state index contributed by atoms with van der Waals surface area (Å²) >= 11 is 4.36. The van der Waals surface area contributed by atoms with Crippen LogP contribution in [0.2, 0.25) is 0 Å². The van der Waals surface area contributed by atoms with Gasteiger partial charge in [-0.3, -0.25) is 14.2 Å². The number of fused-ring (bicyclic) bond motifs is 1. The number of aromatic nitrogens is 2. The fourth-order valence-electron chi connectivity index (χ4n) is 2.75. The molecule has 1 N–H and O–H groups in total. The van der Waals surface area contributed by atoms with Crippen LogP contribution < -0.4 is 10.9 Å². The van der Waals surface area contributed by atoms with Crippen molar-refractivity contribution >= 4 is 50.2 Å². The van der Waals surface area contributed by atoms with Crippen LogP contribution >= 0.6 is 27.7 Å². The zero-order chi connectivity index (χ0) is 21.0. The van der Waals surface area contributed by atoms with Gasteiger partial charge in [-0.25, -0.2) is 9.37 Å². The van der Waals surface area contributed by atoms with Crippen LogP contribution in [0.5, 0.6) is 0 Å². The van der Waals surface area contributed by atoms with Crippen molar-refractivity contribution in [2.75, 3.05) is 11.1 Å². The summed E-state index contributed by atoms with van der Waals surface area (Å²) in [4.78, 5) is 29.8. The molecule has 0 saturated heterocycles. The number of hydrogen-bond donors (Lipinski definition) is 1. The highest BCUT2D eigenvalue weighted by Gasteiger charge is 2.14. The van der Waals surface area contributed by atoms with Crippen LogP contribution in [0.1, 0.15) is 20.3 Å². The van der Waals surface area contributed by atoms with Crippen molar-refractivity contribution in [3.63, 3.8) is 0 Å². The number of thioether (sulfide) groups is 1. The molecule has 1 heterocycles. The highest BCUT2D eigenvalue weighted by Crippen LogP contribution is 2.22. The molecule has 0 atom stereocenters. The summed E-state index contributed by atoms with van der Waals surface area (Å²) in [5.74, 6) is -0.443. The Labute approximate surface area is 180 Å². The number of nitrogens with zero attached hydrogens (tertiary/aromatic N) is 2. The van der Waals surface area contributed by atoms with E-state index < -0.39 is 5.82 Å². The Kier molecular flexibility index (Phi) is 7.08. The van der Waals surface area contributed by atoms with Crippen LogP contribution in [0.15, 0.2) is 56.9 Å². The minimum Gasteiger partial charge on any atom is -0.323 e. The van der Waals surface area contributed by atoms with Gasteiger partial charge in [-0.05, 0) is 42.7 Å². The van der Waals surface area contributed by atoms with E-state index in [0.717, 1.165) is 6.42 Å². The molecule has 0 radical (unpaired) electrons. The molecule has 1 amide bonds. The number of carbonyl (C=O) groups excluding carboxylic acids is 1. The summed E-state index contributed by atoms with van der Waals surface area (Å²) in [6, 6.07) is 11.6. The Hall–Kier alpha value is -2.19. The number of rotatable bonds is 7. The van der Waals surface area contributed by atoms with Crippen LogP contribution in [0.25, 0.3) is 10.9 Å². The van der Waals surface area contributed by atoms with E-state index in [4.69, 9.17) is 0 Å². The van der Waals surface area contributed by atoms with E-state index in [0.29, 0.717) is 33.0 Å². The topological polar surface area (TPSA) is 64.0 Å². The molecule has 29 heavy (non-hydrogen) atoms. The quantitative estimate of drug-likeness (QED) is 0.380. The largest absolute Gasteiger partial charge is 0.323 e. The Morgan fingerprint density at radius 3 is 2.76 bits per heavy atom. The van der Waals surface area contributed by atoms with Crippen molar-refractivity contribution in [2.24, 2.45) is 5.92 Å². The van der Waals surface area contributed by atoms with Gasteiger partial charge in [0.25, 0.3) is 5.56 Å². The van der Waals surface area contributed by atoms with Gasteiger partial charge in [0.05, 0.1) is 22.3 Å². The number of halogens is 2. The number of amides is 1. The maximum atomic E-state index is 13.9. The molecule has 5 nitrogen and oxygen atoms in total. The predicted octanol–water partition coefficient (Wildman–Crippen LogP) is 5.08. The maximum absolute atomic E-state index is 13.9. The molecule has 3 rings (SSSR count). The number of nitrogens with one attached hydrogen (secondary N) is 1. The predicted molar refractivity (Wildman–Crippen MR) is 119 cm³/mol. The van der Waals surface area contributed by atoms with Crippen molar-refractivity contribution in [3.8, 4) is 0 Å². The number of anilines is 1. The molecule has 0 unspecified atom stereocenters. The van der Waals surface area contributed by atoms with Crippen molar-refractivity contribution in [2.45, 2.75) is 32.0 Å². The molecule has 1 aromatic heterocycles. The van der Waals surface area contributed by atoms with E-state index in [1.807, 2.05) is 12.1 Å². The average Bonchev–Trinajstić information content (AvgIpc) is 2.68. The smallest absolute Gasteiger partial charge is 0.262 e. The van der Waals surface area contributed by atoms with Crippen molar-refractivity contribution in [3.05, 3.63) is 63.1 Å². The molecule has 0 aliphatic rings. The first kappa shape index (κ1) is 21.5. The summed E-state index contributed by atoms with van der Waals surface area (Å²) in [5.41, 5.74) is 0.598. The van der Waals surface area contributed by atoms with Crippen LogP contribution in [0.4, 0.5) is 10.1 Å². The van der Waals surface area contributed by atoms with Crippen LogP contribution in [-0.4, -0.2) is 21.2 Å². The Balaban J connectivity index is 1.81. The fraction of sp³-hybridized carbons (Fsp3) is 0.286. The van der Waals surface area contributed by atoms with Gasteiger partial charge in [-0.2, -0.15) is 0 Å². The number of hydrogen-bond acceptors (Lipinski definition) is 4. The van der Waals surface area contributed by atoms with Gasteiger partial charge in [0.2, 0.25) is 5.91 Å². The van der Waals surface area contributed by atoms with Crippen molar-refractivity contribution < 1.29 is 9.18 Å². The second kappa shape index (κ2) is 9.54. The van der Waals surface area contributed by atoms with Crippen molar-refractivity contribution in [1.29, 1.82) is 0 Å². The third-order valence-electron chi connectivity index (χ3n) is 4.29. The molecule has 152 valence electrons. The first-order chi connectivity index (χ1) is 13.8. The lowest BCUT2D eigenvalue weighted by Gasteiger charge is -2.14. The summed E-state index contributed by atoms with van der Waals surface area (Å²) in [5, 5.41) is 3.60. The lowest BCUT2D eigenvalue weighted by atomic mass is 10.1. The molecular weight excluding hydrogens is 457 g/mol. The van der Waals surface area contributed by atoms with Gasteiger partial charge < -0.3 is 5.32 Å². The third kappa shape index (κ3) is 5.45. The molecule has 0 saturated carbocycles. The fourth-order valence-corrected chi connectivity index (χ4v) is 3.91. The molecule has 2 aromatic carbocycles. The Bertz CT molecular complexity index is 1100. The lowest BCUT2D eigenvalue weighted by molar-refractivity contribution is -0.113. The molecule has 3 aromatic rings. The van der Waals surface area contributed by atoms with E-state index in [1.54, 1.807) is 22.8 Å². The summed E-state index contributed by atoms with van der Waals surface area (Å²) in [6.45, 7) is 4.71. The molecule has 0 aliphatic heterocycles. The summed E-state index contributed by atoms with van der Waals surface area (Å²) in [7, 11) is 0. The molecule has 0 aliphatic carbocycles. The van der Waals surface area contributed by atoms with Gasteiger partial charge >= 0.3 is 0 Å². The minimum absolute atomic E-state index is 0.0158. The molecular formula is C21H21BrFN3O2S. The zero-order valence-corrected chi connectivity index (χ0v) is 18.5. The van der Waals surface area contributed by atoms with Crippen LogP contribution in [0, 0.1) is 11.7 Å². The van der Waals surface area contributed by atoms with Crippen LogP contribution in [0.3, 0.4) is 0 Å². The number of carbonyl (C=O) groups is 1.